The third-order valence-corrected chi connectivity index (χ3v) is 2.45. The number of rotatable bonds is 1. The maximum absolute atomic E-state index is 11.5. The van der Waals surface area contributed by atoms with Gasteiger partial charge in [0.2, 0.25) is 5.91 Å². The van der Waals surface area contributed by atoms with Crippen molar-refractivity contribution in [2.45, 2.75) is 6.04 Å². The molecule has 1 aliphatic heterocycles. The van der Waals surface area contributed by atoms with Gasteiger partial charge in [0.25, 0.3) is 0 Å². The van der Waals surface area contributed by atoms with Crippen LogP contribution < -0.4 is 10.6 Å². The fourth-order valence-corrected chi connectivity index (χ4v) is 1.75. The largest absolute Gasteiger partial charge is 0.353 e. The second-order valence-corrected chi connectivity index (χ2v) is 3.67. The summed E-state index contributed by atoms with van der Waals surface area (Å²) in [5.74, 6) is 0.0125. The highest BCUT2D eigenvalue weighted by Gasteiger charge is 2.22. The lowest BCUT2D eigenvalue weighted by atomic mass is 10.1. The monoisotopic (exact) mass is 210 g/mol. The van der Waals surface area contributed by atoms with E-state index in [4.69, 9.17) is 11.6 Å². The first-order valence-electron chi connectivity index (χ1n) is 4.54. The van der Waals surface area contributed by atoms with Gasteiger partial charge in [0, 0.05) is 18.1 Å². The first-order valence-corrected chi connectivity index (χ1v) is 4.92. The van der Waals surface area contributed by atoms with Gasteiger partial charge in [-0.25, -0.2) is 0 Å². The van der Waals surface area contributed by atoms with Gasteiger partial charge in [-0.05, 0) is 17.7 Å². The Hall–Kier alpha value is -1.06. The third-order valence-electron chi connectivity index (χ3n) is 2.22. The second kappa shape index (κ2) is 3.98. The molecule has 1 aromatic carbocycles. The number of hydrogen-bond acceptors (Lipinski definition) is 2. The van der Waals surface area contributed by atoms with Crippen molar-refractivity contribution in [2.75, 3.05) is 13.1 Å². The lowest BCUT2D eigenvalue weighted by Crippen LogP contribution is -2.47. The lowest BCUT2D eigenvalue weighted by Gasteiger charge is -2.23. The maximum Gasteiger partial charge on any atom is 0.241 e. The molecule has 2 rings (SSSR count). The highest BCUT2D eigenvalue weighted by Crippen LogP contribution is 2.18. The van der Waals surface area contributed by atoms with Crippen LogP contribution in [0.15, 0.2) is 24.3 Å². The van der Waals surface area contributed by atoms with E-state index in [1.165, 1.54) is 0 Å². The van der Waals surface area contributed by atoms with E-state index in [-0.39, 0.29) is 11.9 Å². The number of amides is 1. The molecule has 0 spiro atoms. The van der Waals surface area contributed by atoms with E-state index in [0.29, 0.717) is 11.6 Å². The van der Waals surface area contributed by atoms with Gasteiger partial charge < -0.3 is 10.6 Å². The van der Waals surface area contributed by atoms with Gasteiger partial charge in [-0.1, -0.05) is 23.7 Å². The number of carbonyl (C=O) groups excluding carboxylic acids is 1. The fraction of sp³-hybridized carbons (Fsp3) is 0.300. The first-order chi connectivity index (χ1) is 6.77. The molecule has 1 heterocycles. The van der Waals surface area contributed by atoms with Crippen LogP contribution in [-0.2, 0) is 4.79 Å². The zero-order valence-electron chi connectivity index (χ0n) is 7.59. The summed E-state index contributed by atoms with van der Waals surface area (Å²) < 4.78 is 0. The predicted molar refractivity (Wildman–Crippen MR) is 55.2 cm³/mol. The standard InChI is InChI=1S/C10H11ClN2O/c11-8-3-1-2-7(6-8)9-10(14)13-5-4-12-9/h1-3,6,9,12H,4-5H2,(H,13,14)/t9-/m1/s1. The van der Waals surface area contributed by atoms with E-state index in [0.717, 1.165) is 12.1 Å². The zero-order valence-corrected chi connectivity index (χ0v) is 8.34. The Labute approximate surface area is 87.4 Å². The highest BCUT2D eigenvalue weighted by atomic mass is 35.5. The number of piperazine rings is 1. The molecule has 1 aliphatic rings. The van der Waals surface area contributed by atoms with Crippen molar-refractivity contribution in [3.63, 3.8) is 0 Å². The van der Waals surface area contributed by atoms with E-state index < -0.39 is 0 Å². The number of carbonyl (C=O) groups is 1. The van der Waals surface area contributed by atoms with Crippen LogP contribution in [0.3, 0.4) is 0 Å². The molecule has 2 N–H and O–H groups in total. The molecule has 0 unspecified atom stereocenters. The van der Waals surface area contributed by atoms with E-state index in [2.05, 4.69) is 10.6 Å². The molecule has 1 atom stereocenters. The molecule has 4 heteroatoms. The van der Waals surface area contributed by atoms with Crippen LogP contribution in [0.5, 0.6) is 0 Å². The number of benzene rings is 1. The van der Waals surface area contributed by atoms with Gasteiger partial charge in [-0.3, -0.25) is 4.79 Å². The van der Waals surface area contributed by atoms with E-state index in [1.54, 1.807) is 6.07 Å². The summed E-state index contributed by atoms with van der Waals surface area (Å²) in [6.45, 7) is 1.48. The Balaban J connectivity index is 2.24. The van der Waals surface area contributed by atoms with Crippen molar-refractivity contribution in [2.24, 2.45) is 0 Å². The van der Waals surface area contributed by atoms with Crippen molar-refractivity contribution in [3.8, 4) is 0 Å². The first kappa shape index (κ1) is 9.49. The average molecular weight is 211 g/mol. The average Bonchev–Trinajstić information content (AvgIpc) is 2.18. The molecular formula is C10H11ClN2O. The highest BCUT2D eigenvalue weighted by molar-refractivity contribution is 6.30. The Kier molecular flexibility index (Phi) is 2.70. The predicted octanol–water partition coefficient (Wildman–Crippen LogP) is 1.10. The summed E-state index contributed by atoms with van der Waals surface area (Å²) in [6, 6.07) is 7.09. The van der Waals surface area contributed by atoms with E-state index in [9.17, 15) is 4.79 Å². The molecule has 0 saturated carbocycles. The van der Waals surface area contributed by atoms with Crippen LogP contribution in [0.4, 0.5) is 0 Å². The minimum atomic E-state index is -0.262. The van der Waals surface area contributed by atoms with Gasteiger partial charge in [-0.15, -0.1) is 0 Å². The lowest BCUT2D eigenvalue weighted by molar-refractivity contribution is -0.124. The summed E-state index contributed by atoms with van der Waals surface area (Å²) in [5, 5.41) is 6.60. The topological polar surface area (TPSA) is 41.1 Å². The van der Waals surface area contributed by atoms with Crippen LogP contribution >= 0.6 is 11.6 Å². The molecule has 1 saturated heterocycles. The Bertz CT molecular complexity index is 354. The smallest absolute Gasteiger partial charge is 0.241 e. The Morgan fingerprint density at radius 1 is 1.36 bits per heavy atom. The number of halogens is 1. The van der Waals surface area contributed by atoms with Crippen molar-refractivity contribution in [1.29, 1.82) is 0 Å². The van der Waals surface area contributed by atoms with Crippen LogP contribution in [0.25, 0.3) is 0 Å². The molecule has 3 nitrogen and oxygen atoms in total. The second-order valence-electron chi connectivity index (χ2n) is 3.23. The molecule has 0 bridgehead atoms. The molecule has 0 aromatic heterocycles. The molecule has 74 valence electrons. The third kappa shape index (κ3) is 1.89. The normalized spacial score (nSPS) is 21.8. The molecule has 0 aliphatic carbocycles. The van der Waals surface area contributed by atoms with Crippen LogP contribution in [0.1, 0.15) is 11.6 Å². The maximum atomic E-state index is 11.5. The summed E-state index contributed by atoms with van der Waals surface area (Å²) in [5.41, 5.74) is 0.912. The fourth-order valence-electron chi connectivity index (χ4n) is 1.55. The van der Waals surface area contributed by atoms with Crippen molar-refractivity contribution in [3.05, 3.63) is 34.9 Å². The summed E-state index contributed by atoms with van der Waals surface area (Å²) >= 11 is 5.85. The SMILES string of the molecule is O=C1NCCN[C@@H]1c1cccc(Cl)c1. The molecule has 1 aromatic rings. The zero-order chi connectivity index (χ0) is 9.97. The van der Waals surface area contributed by atoms with E-state index in [1.807, 2.05) is 18.2 Å². The summed E-state index contributed by atoms with van der Waals surface area (Å²) in [7, 11) is 0. The quantitative estimate of drug-likeness (QED) is 0.729. The minimum Gasteiger partial charge on any atom is -0.353 e. The molecular weight excluding hydrogens is 200 g/mol. The number of nitrogens with one attached hydrogen (secondary N) is 2. The van der Waals surface area contributed by atoms with Crippen LogP contribution in [0.2, 0.25) is 5.02 Å². The van der Waals surface area contributed by atoms with Gasteiger partial charge in [0.1, 0.15) is 6.04 Å². The molecule has 1 fully saturated rings. The van der Waals surface area contributed by atoms with Gasteiger partial charge >= 0.3 is 0 Å². The molecule has 14 heavy (non-hydrogen) atoms. The Morgan fingerprint density at radius 3 is 2.93 bits per heavy atom. The Morgan fingerprint density at radius 2 is 2.21 bits per heavy atom. The minimum absolute atomic E-state index is 0.0125. The van der Waals surface area contributed by atoms with Crippen molar-refractivity contribution in [1.82, 2.24) is 10.6 Å². The van der Waals surface area contributed by atoms with Crippen LogP contribution in [-0.4, -0.2) is 19.0 Å². The van der Waals surface area contributed by atoms with Gasteiger partial charge in [-0.2, -0.15) is 0 Å². The molecule has 1 amide bonds. The van der Waals surface area contributed by atoms with Gasteiger partial charge in [0.05, 0.1) is 0 Å². The van der Waals surface area contributed by atoms with Crippen LogP contribution in [0, 0.1) is 0 Å². The van der Waals surface area contributed by atoms with Crippen molar-refractivity contribution < 1.29 is 4.79 Å². The van der Waals surface area contributed by atoms with Crippen molar-refractivity contribution >= 4 is 17.5 Å². The van der Waals surface area contributed by atoms with Gasteiger partial charge in [0.15, 0.2) is 0 Å². The molecule has 0 radical (unpaired) electrons. The number of hydrogen-bond donors (Lipinski definition) is 2. The summed E-state index contributed by atoms with van der Waals surface area (Å²) in [4.78, 5) is 11.5. The van der Waals surface area contributed by atoms with E-state index >= 15 is 0 Å². The summed E-state index contributed by atoms with van der Waals surface area (Å²) in [6.07, 6.45) is 0.